The van der Waals surface area contributed by atoms with E-state index < -0.39 is 32.3 Å². The van der Waals surface area contributed by atoms with Crippen LogP contribution < -0.4 is 4.74 Å². The summed E-state index contributed by atoms with van der Waals surface area (Å²) in [7, 11) is -4.26. The first-order valence-corrected chi connectivity index (χ1v) is 11.3. The fourth-order valence-electron chi connectivity index (χ4n) is 4.32. The standard InChI is InChI=1S/C25H21FO4S/c1-3-16-25(31(28,29)22-11-7-4-8-17(22)2)23(18-12-14-19(26)15-13-18)20-9-5-6-10-21(20)30-24(25)27/h3-15,23H,1,16H2,2H3. The number of esters is 1. The third-order valence-corrected chi connectivity index (χ3v) is 8.32. The number of allylic oxidation sites excluding steroid dienone is 1. The van der Waals surface area contributed by atoms with Crippen LogP contribution in [0.25, 0.3) is 0 Å². The number of hydrogen-bond acceptors (Lipinski definition) is 4. The molecular weight excluding hydrogens is 415 g/mol. The molecule has 2 unspecified atom stereocenters. The molecule has 0 radical (unpaired) electrons. The van der Waals surface area contributed by atoms with Crippen molar-refractivity contribution in [3.8, 4) is 5.75 Å². The number of hydrogen-bond donors (Lipinski definition) is 0. The Hall–Kier alpha value is -3.25. The zero-order valence-corrected chi connectivity index (χ0v) is 17.7. The average molecular weight is 437 g/mol. The smallest absolute Gasteiger partial charge is 0.334 e. The van der Waals surface area contributed by atoms with Crippen LogP contribution in [0.5, 0.6) is 5.75 Å². The zero-order valence-electron chi connectivity index (χ0n) is 16.9. The van der Waals surface area contributed by atoms with Crippen LogP contribution in [0.4, 0.5) is 4.39 Å². The van der Waals surface area contributed by atoms with Crippen LogP contribution in [0, 0.1) is 12.7 Å². The molecule has 0 N–H and O–H groups in total. The fourth-order valence-corrected chi connectivity index (χ4v) is 6.63. The van der Waals surface area contributed by atoms with E-state index in [9.17, 15) is 17.6 Å². The second-order valence-corrected chi connectivity index (χ2v) is 9.74. The van der Waals surface area contributed by atoms with E-state index in [1.54, 1.807) is 49.4 Å². The highest BCUT2D eigenvalue weighted by Gasteiger charge is 2.61. The van der Waals surface area contributed by atoms with Gasteiger partial charge in [0.2, 0.25) is 0 Å². The van der Waals surface area contributed by atoms with Crippen molar-refractivity contribution in [2.75, 3.05) is 0 Å². The Balaban J connectivity index is 2.09. The van der Waals surface area contributed by atoms with Crippen molar-refractivity contribution in [1.29, 1.82) is 0 Å². The van der Waals surface area contributed by atoms with Gasteiger partial charge in [-0.3, -0.25) is 0 Å². The van der Waals surface area contributed by atoms with E-state index in [0.717, 1.165) is 0 Å². The van der Waals surface area contributed by atoms with Crippen molar-refractivity contribution in [3.63, 3.8) is 0 Å². The van der Waals surface area contributed by atoms with Crippen LogP contribution in [-0.2, 0) is 14.6 Å². The van der Waals surface area contributed by atoms with Gasteiger partial charge in [-0.25, -0.2) is 17.6 Å². The molecule has 2 atom stereocenters. The summed E-state index contributed by atoms with van der Waals surface area (Å²) in [6.45, 7) is 5.41. The largest absolute Gasteiger partial charge is 0.425 e. The van der Waals surface area contributed by atoms with E-state index in [0.29, 0.717) is 22.4 Å². The molecular formula is C25H21FO4S. The van der Waals surface area contributed by atoms with Gasteiger partial charge in [-0.1, -0.05) is 54.6 Å². The van der Waals surface area contributed by atoms with Crippen molar-refractivity contribution in [2.24, 2.45) is 0 Å². The zero-order chi connectivity index (χ0) is 22.2. The molecule has 31 heavy (non-hydrogen) atoms. The van der Waals surface area contributed by atoms with Gasteiger partial charge in [0.25, 0.3) is 0 Å². The maximum atomic E-state index is 14.2. The number of rotatable bonds is 5. The summed E-state index contributed by atoms with van der Waals surface area (Å²) in [6, 6.07) is 18.9. The van der Waals surface area contributed by atoms with Gasteiger partial charge in [0, 0.05) is 11.5 Å². The first-order valence-electron chi connectivity index (χ1n) is 9.81. The molecule has 0 bridgehead atoms. The molecule has 1 aliphatic rings. The predicted octanol–water partition coefficient (Wildman–Crippen LogP) is 4.97. The summed E-state index contributed by atoms with van der Waals surface area (Å²) in [4.78, 5) is 13.6. The molecule has 6 heteroatoms. The Kier molecular flexibility index (Phi) is 5.27. The number of aryl methyl sites for hydroxylation is 1. The molecule has 1 aliphatic heterocycles. The first-order chi connectivity index (χ1) is 14.8. The summed E-state index contributed by atoms with van der Waals surface area (Å²) in [5, 5.41) is 0. The van der Waals surface area contributed by atoms with E-state index in [4.69, 9.17) is 4.74 Å². The fraction of sp³-hybridized carbons (Fsp3) is 0.160. The van der Waals surface area contributed by atoms with Gasteiger partial charge in [-0.15, -0.1) is 6.58 Å². The molecule has 0 aromatic heterocycles. The second-order valence-electron chi connectivity index (χ2n) is 7.56. The molecule has 4 nitrogen and oxygen atoms in total. The molecule has 3 aromatic rings. The van der Waals surface area contributed by atoms with Crippen LogP contribution in [-0.4, -0.2) is 19.1 Å². The Labute approximate surface area is 180 Å². The first kappa shape index (κ1) is 21.0. The minimum Gasteiger partial charge on any atom is -0.425 e. The Bertz CT molecular complexity index is 1260. The quantitative estimate of drug-likeness (QED) is 0.322. The van der Waals surface area contributed by atoms with Gasteiger partial charge < -0.3 is 4.74 Å². The monoisotopic (exact) mass is 436 g/mol. The third-order valence-electron chi connectivity index (χ3n) is 5.76. The van der Waals surface area contributed by atoms with Crippen molar-refractivity contribution in [1.82, 2.24) is 0 Å². The normalized spacial score (nSPS) is 20.6. The molecule has 3 aromatic carbocycles. The number of carbonyl (C=O) groups is 1. The lowest BCUT2D eigenvalue weighted by atomic mass is 9.76. The summed E-state index contributed by atoms with van der Waals surface area (Å²) in [6.07, 6.45) is 1.25. The lowest BCUT2D eigenvalue weighted by Gasteiger charge is -2.42. The molecule has 0 spiro atoms. The lowest BCUT2D eigenvalue weighted by Crippen LogP contribution is -2.55. The number of sulfone groups is 1. The van der Waals surface area contributed by atoms with Gasteiger partial charge >= 0.3 is 5.97 Å². The number of para-hydroxylation sites is 1. The second kappa shape index (κ2) is 7.78. The van der Waals surface area contributed by atoms with Gasteiger partial charge in [0.15, 0.2) is 14.6 Å². The highest BCUT2D eigenvalue weighted by Crippen LogP contribution is 2.52. The minimum atomic E-state index is -4.26. The molecule has 0 aliphatic carbocycles. The average Bonchev–Trinajstić information content (AvgIpc) is 2.75. The molecule has 0 saturated carbocycles. The van der Waals surface area contributed by atoms with Gasteiger partial charge in [-0.05, 0) is 48.7 Å². The van der Waals surface area contributed by atoms with E-state index in [1.807, 2.05) is 0 Å². The maximum Gasteiger partial charge on any atom is 0.334 e. The van der Waals surface area contributed by atoms with Crippen LogP contribution >= 0.6 is 0 Å². The molecule has 1 heterocycles. The highest BCUT2D eigenvalue weighted by molar-refractivity contribution is 7.93. The summed E-state index contributed by atoms with van der Waals surface area (Å²) >= 11 is 0. The number of benzene rings is 3. The van der Waals surface area contributed by atoms with Crippen LogP contribution in [0.15, 0.2) is 90.3 Å². The third kappa shape index (κ3) is 3.18. The van der Waals surface area contributed by atoms with Gasteiger partial charge in [0.05, 0.1) is 4.90 Å². The van der Waals surface area contributed by atoms with Crippen molar-refractivity contribution < 1.29 is 22.3 Å². The molecule has 0 fully saturated rings. The van der Waals surface area contributed by atoms with Crippen LogP contribution in [0.1, 0.15) is 29.0 Å². The lowest BCUT2D eigenvalue weighted by molar-refractivity contribution is -0.139. The molecule has 0 amide bonds. The SMILES string of the molecule is C=CCC1(S(=O)(=O)c2ccccc2C)C(=O)Oc2ccccc2C1c1ccc(F)cc1. The van der Waals surface area contributed by atoms with E-state index in [1.165, 1.54) is 36.4 Å². The number of ether oxygens (including phenoxy) is 1. The van der Waals surface area contributed by atoms with Crippen molar-refractivity contribution in [2.45, 2.75) is 28.9 Å². The van der Waals surface area contributed by atoms with E-state index in [2.05, 4.69) is 6.58 Å². The molecule has 0 saturated heterocycles. The van der Waals surface area contributed by atoms with Gasteiger partial charge in [-0.2, -0.15) is 0 Å². The van der Waals surface area contributed by atoms with Crippen LogP contribution in [0.2, 0.25) is 0 Å². The van der Waals surface area contributed by atoms with Gasteiger partial charge in [0.1, 0.15) is 11.6 Å². The Morgan fingerprint density at radius 2 is 1.68 bits per heavy atom. The summed E-state index contributed by atoms with van der Waals surface area (Å²) < 4.78 is 45.6. The van der Waals surface area contributed by atoms with E-state index in [-0.39, 0.29) is 11.3 Å². The topological polar surface area (TPSA) is 60.4 Å². The number of carbonyl (C=O) groups excluding carboxylic acids is 1. The molecule has 158 valence electrons. The van der Waals surface area contributed by atoms with Crippen molar-refractivity contribution >= 4 is 15.8 Å². The number of halogens is 1. The Morgan fingerprint density at radius 3 is 2.35 bits per heavy atom. The predicted molar refractivity (Wildman–Crippen MR) is 116 cm³/mol. The van der Waals surface area contributed by atoms with E-state index >= 15 is 0 Å². The Morgan fingerprint density at radius 1 is 1.03 bits per heavy atom. The summed E-state index contributed by atoms with van der Waals surface area (Å²) in [5.41, 5.74) is 1.58. The minimum absolute atomic E-state index is 0.0558. The van der Waals surface area contributed by atoms with Crippen molar-refractivity contribution in [3.05, 3.63) is 108 Å². The maximum absolute atomic E-state index is 14.2. The summed E-state index contributed by atoms with van der Waals surface area (Å²) in [5.74, 6) is -1.94. The highest BCUT2D eigenvalue weighted by atomic mass is 32.2. The number of fused-ring (bicyclic) bond motifs is 1. The molecule has 4 rings (SSSR count). The van der Waals surface area contributed by atoms with Crippen LogP contribution in [0.3, 0.4) is 0 Å².